The number of aromatic nitrogens is 1. The third-order valence-corrected chi connectivity index (χ3v) is 9.48. The number of fused-ring (bicyclic) bond motifs is 1. The fraction of sp³-hybridized carbons (Fsp3) is 0.625. The fourth-order valence-corrected chi connectivity index (χ4v) is 6.86. The van der Waals surface area contributed by atoms with Gasteiger partial charge in [-0.15, -0.1) is 0 Å². The number of ether oxygens (including phenoxy) is 2. The molecular formula is C32H43BN4O7. The van der Waals surface area contributed by atoms with Gasteiger partial charge in [0, 0.05) is 30.5 Å². The Labute approximate surface area is 258 Å². The van der Waals surface area contributed by atoms with Crippen molar-refractivity contribution in [3.05, 3.63) is 36.5 Å². The van der Waals surface area contributed by atoms with Gasteiger partial charge in [-0.05, 0) is 67.4 Å². The molecule has 0 radical (unpaired) electrons. The molecule has 44 heavy (non-hydrogen) atoms. The lowest BCUT2D eigenvalue weighted by molar-refractivity contribution is -0.142. The third-order valence-electron chi connectivity index (χ3n) is 9.48. The van der Waals surface area contributed by atoms with Gasteiger partial charge in [-0.25, -0.2) is 9.78 Å². The first-order valence-electron chi connectivity index (χ1n) is 16.0. The highest BCUT2D eigenvalue weighted by molar-refractivity contribution is 6.46. The topological polar surface area (TPSA) is 139 Å². The highest BCUT2D eigenvalue weighted by atomic mass is 16.6. The molecule has 1 aromatic carbocycles. The Morgan fingerprint density at radius 1 is 1.09 bits per heavy atom. The number of hydrogen-bond acceptors (Lipinski definition) is 8. The van der Waals surface area contributed by atoms with Crippen LogP contribution in [0.5, 0.6) is 5.88 Å². The molecule has 2 aromatic rings. The molecule has 1 aromatic heterocycles. The normalized spacial score (nSPS) is 26.5. The molecule has 4 aliphatic rings. The van der Waals surface area contributed by atoms with Crippen LogP contribution in [-0.2, 0) is 19.0 Å². The maximum Gasteiger partial charge on any atom is 0.478 e. The van der Waals surface area contributed by atoms with Gasteiger partial charge < -0.3 is 34.7 Å². The quantitative estimate of drug-likeness (QED) is 0.390. The molecule has 11 nitrogen and oxygen atoms in total. The van der Waals surface area contributed by atoms with E-state index in [0.29, 0.717) is 18.4 Å². The summed E-state index contributed by atoms with van der Waals surface area (Å²) in [7, 11) is -1.10. The molecule has 0 bridgehead atoms. The van der Waals surface area contributed by atoms with E-state index in [9.17, 15) is 19.4 Å². The fourth-order valence-electron chi connectivity index (χ4n) is 6.86. The number of hydrogen-bond donors (Lipinski definition) is 3. The summed E-state index contributed by atoms with van der Waals surface area (Å²) in [5, 5.41) is 18.2. The van der Waals surface area contributed by atoms with Crippen molar-refractivity contribution < 1.29 is 33.5 Å². The van der Waals surface area contributed by atoms with Gasteiger partial charge in [-0.2, -0.15) is 0 Å². The van der Waals surface area contributed by atoms with Crippen LogP contribution in [0.4, 0.5) is 4.79 Å². The Bertz CT molecular complexity index is 1370. The van der Waals surface area contributed by atoms with Crippen molar-refractivity contribution in [2.45, 2.75) is 95.9 Å². The molecule has 3 heterocycles. The average Bonchev–Trinajstić information content (AvgIpc) is 3.35. The van der Waals surface area contributed by atoms with E-state index in [1.165, 1.54) is 4.90 Å². The van der Waals surface area contributed by atoms with Gasteiger partial charge in [0.25, 0.3) is 0 Å². The van der Waals surface area contributed by atoms with Crippen molar-refractivity contribution in [2.24, 2.45) is 17.3 Å². The van der Waals surface area contributed by atoms with Gasteiger partial charge in [0.15, 0.2) is 0 Å². The Hall–Kier alpha value is -3.38. The van der Waals surface area contributed by atoms with Gasteiger partial charge in [0.2, 0.25) is 17.7 Å². The number of nitrogens with zero attached hydrogens (tertiary/aromatic N) is 2. The zero-order valence-electron chi connectivity index (χ0n) is 25.7. The van der Waals surface area contributed by atoms with E-state index in [2.05, 4.69) is 15.6 Å². The van der Waals surface area contributed by atoms with Crippen LogP contribution < -0.4 is 15.4 Å². The van der Waals surface area contributed by atoms with Crippen LogP contribution in [0.3, 0.4) is 0 Å². The number of carbonyl (C=O) groups is 3. The molecule has 4 fully saturated rings. The minimum atomic E-state index is -1.10. The first-order valence-corrected chi connectivity index (χ1v) is 16.0. The van der Waals surface area contributed by atoms with E-state index in [0.717, 1.165) is 49.3 Å². The summed E-state index contributed by atoms with van der Waals surface area (Å²) in [6, 6.07) is 7.82. The summed E-state index contributed by atoms with van der Waals surface area (Å²) >= 11 is 0. The molecule has 6 rings (SSSR count). The van der Waals surface area contributed by atoms with Crippen molar-refractivity contribution in [2.75, 3.05) is 13.2 Å². The highest BCUT2D eigenvalue weighted by Gasteiger charge is 2.51. The Kier molecular flexibility index (Phi) is 8.74. The van der Waals surface area contributed by atoms with E-state index in [-0.39, 0.29) is 36.8 Å². The predicted octanol–water partition coefficient (Wildman–Crippen LogP) is 3.23. The van der Waals surface area contributed by atoms with E-state index in [1.54, 1.807) is 6.20 Å². The van der Waals surface area contributed by atoms with Crippen LogP contribution in [0.15, 0.2) is 36.5 Å². The zero-order chi connectivity index (χ0) is 31.0. The molecular weight excluding hydrogens is 563 g/mol. The number of nitrogens with one attached hydrogen (secondary N) is 2. The van der Waals surface area contributed by atoms with Crippen molar-refractivity contribution >= 4 is 35.8 Å². The second-order valence-corrected chi connectivity index (χ2v) is 13.8. The van der Waals surface area contributed by atoms with E-state index in [4.69, 9.17) is 14.1 Å². The number of amides is 3. The molecule has 3 N–H and O–H groups in total. The zero-order valence-corrected chi connectivity index (χ0v) is 25.7. The lowest BCUT2D eigenvalue weighted by Crippen LogP contribution is -2.59. The van der Waals surface area contributed by atoms with Crippen molar-refractivity contribution in [1.82, 2.24) is 20.5 Å². The second kappa shape index (κ2) is 12.6. The molecule has 3 amide bonds. The van der Waals surface area contributed by atoms with Crippen LogP contribution in [0, 0.1) is 17.3 Å². The summed E-state index contributed by atoms with van der Waals surface area (Å²) in [4.78, 5) is 47.1. The number of pyridine rings is 1. The predicted molar refractivity (Wildman–Crippen MR) is 163 cm³/mol. The first kappa shape index (κ1) is 30.6. The summed E-state index contributed by atoms with van der Waals surface area (Å²) in [6.45, 7) is 6.14. The van der Waals surface area contributed by atoms with Crippen LogP contribution in [0.25, 0.3) is 10.8 Å². The van der Waals surface area contributed by atoms with Crippen molar-refractivity contribution in [3.63, 3.8) is 0 Å². The molecule has 0 spiro atoms. The molecule has 2 unspecified atom stereocenters. The van der Waals surface area contributed by atoms with Gasteiger partial charge >= 0.3 is 13.2 Å². The largest absolute Gasteiger partial charge is 0.478 e. The van der Waals surface area contributed by atoms with Crippen LogP contribution >= 0.6 is 0 Å². The van der Waals surface area contributed by atoms with Gasteiger partial charge in [0.1, 0.15) is 24.3 Å². The summed E-state index contributed by atoms with van der Waals surface area (Å²) in [5.74, 6) is -0.449. The SMILES string of the molecule is CC(C)(C)[C@H](NC(=O)OC1CCCC1)C(=O)N1C[C@H](Oc2nccc3ccccc23)C[C@H]1C(=O)NC1B(O)OCC1C1CC1. The van der Waals surface area contributed by atoms with Crippen LogP contribution in [0.1, 0.15) is 65.7 Å². The molecule has 2 aliphatic carbocycles. The monoisotopic (exact) mass is 606 g/mol. The van der Waals surface area contributed by atoms with E-state index < -0.39 is 42.8 Å². The smallest absolute Gasteiger partial charge is 0.472 e. The maximum atomic E-state index is 14.3. The second-order valence-electron chi connectivity index (χ2n) is 13.8. The van der Waals surface area contributed by atoms with E-state index in [1.807, 2.05) is 51.1 Å². The third kappa shape index (κ3) is 6.66. The summed E-state index contributed by atoms with van der Waals surface area (Å²) in [6.07, 6.45) is 6.35. The first-order chi connectivity index (χ1) is 21.1. The minimum absolute atomic E-state index is 0.0285. The number of likely N-dealkylation sites (tertiary alicyclic amines) is 1. The maximum absolute atomic E-state index is 14.3. The van der Waals surface area contributed by atoms with Crippen molar-refractivity contribution in [1.29, 1.82) is 0 Å². The van der Waals surface area contributed by atoms with Gasteiger partial charge in [-0.3, -0.25) is 9.59 Å². The molecule has 5 atom stereocenters. The van der Waals surface area contributed by atoms with Crippen LogP contribution in [-0.4, -0.2) is 83.3 Å². The number of alkyl carbamates (subject to hydrolysis) is 1. The molecule has 2 saturated carbocycles. The van der Waals surface area contributed by atoms with E-state index >= 15 is 0 Å². The van der Waals surface area contributed by atoms with Gasteiger partial charge in [-0.1, -0.05) is 39.0 Å². The number of benzene rings is 1. The Balaban J connectivity index is 1.24. The average molecular weight is 607 g/mol. The molecule has 236 valence electrons. The Morgan fingerprint density at radius 2 is 1.84 bits per heavy atom. The lowest BCUT2D eigenvalue weighted by atomic mass is 9.73. The molecule has 2 aliphatic heterocycles. The minimum Gasteiger partial charge on any atom is -0.472 e. The van der Waals surface area contributed by atoms with Gasteiger partial charge in [0.05, 0.1) is 12.5 Å². The number of carbonyl (C=O) groups excluding carboxylic acids is 3. The Morgan fingerprint density at radius 3 is 2.57 bits per heavy atom. The van der Waals surface area contributed by atoms with Crippen molar-refractivity contribution in [3.8, 4) is 5.88 Å². The molecule has 12 heteroatoms. The summed E-state index contributed by atoms with van der Waals surface area (Å²) < 4.78 is 17.5. The number of rotatable bonds is 8. The standard InChI is InChI=1S/C32H43BN4O7/c1-32(2,3)26(35-31(40)44-21-9-5-6-10-21)30(39)37-17-22(43-29-23-11-7-4-8-19(23)14-15-34-29)16-25(37)28(38)36-27-24(20-12-13-20)18-42-33(27)41/h4,7-8,11,14-15,20-22,24-27,41H,5-6,9-10,12-13,16-18H2,1-3H3,(H,35,40)(H,36,38)/t22-,24?,25+,26-,27?/m1/s1. The summed E-state index contributed by atoms with van der Waals surface area (Å²) in [5.41, 5.74) is -0.671. The lowest BCUT2D eigenvalue weighted by Gasteiger charge is -2.35. The molecule has 2 saturated heterocycles. The van der Waals surface area contributed by atoms with Crippen LogP contribution in [0.2, 0.25) is 0 Å². The highest BCUT2D eigenvalue weighted by Crippen LogP contribution is 2.41.